The number of hydrogen-bond acceptors (Lipinski definition) is 7. The molecule has 0 atom stereocenters. The molecule has 0 amide bonds. The van der Waals surface area contributed by atoms with Crippen LogP contribution >= 0.6 is 25.3 Å². The summed E-state index contributed by atoms with van der Waals surface area (Å²) in [7, 11) is -3.39. The normalized spacial score (nSPS) is 12.5. The average Bonchev–Trinajstić information content (AvgIpc) is 2.29. The molecule has 0 N–H and O–H groups in total. The molecule has 0 aromatic carbocycles. The summed E-state index contributed by atoms with van der Waals surface area (Å²) in [5.41, 5.74) is 0. The number of carbonyl (C=O) groups is 1. The summed E-state index contributed by atoms with van der Waals surface area (Å²) >= 11 is 8.58. The SMILES string of the molecule is CCO[Si](OCC)(OCC)OC(=O)CC(S)(S)CC. The van der Waals surface area contributed by atoms with Gasteiger partial charge in [0.15, 0.2) is 0 Å². The molecule has 0 fully saturated rings. The minimum atomic E-state index is -3.39. The summed E-state index contributed by atoms with van der Waals surface area (Å²) in [5, 5.41) is 0. The molecular formula is C11H24O5S2Si. The van der Waals surface area contributed by atoms with Crippen molar-refractivity contribution in [3.63, 3.8) is 0 Å². The Balaban J connectivity index is 4.74. The maximum atomic E-state index is 11.9. The van der Waals surface area contributed by atoms with E-state index in [4.69, 9.17) is 17.7 Å². The second-order valence-electron chi connectivity index (χ2n) is 3.79. The van der Waals surface area contributed by atoms with Crippen LogP contribution in [0.3, 0.4) is 0 Å². The molecule has 0 heterocycles. The number of carbonyl (C=O) groups excluding carboxylic acids is 1. The highest BCUT2D eigenvalue weighted by Gasteiger charge is 2.49. The zero-order valence-electron chi connectivity index (χ0n) is 12.0. The Kier molecular flexibility index (Phi) is 9.38. The van der Waals surface area contributed by atoms with E-state index < -0.39 is 19.1 Å². The Labute approximate surface area is 127 Å². The van der Waals surface area contributed by atoms with Crippen LogP contribution < -0.4 is 0 Å². The highest BCUT2D eigenvalue weighted by Crippen LogP contribution is 2.29. The standard InChI is InChI=1S/C11H24O5S2Si/c1-5-11(17,18)9-10(12)16-19(13-6-2,14-7-3)15-8-4/h17-18H,5-9H2,1-4H3. The lowest BCUT2D eigenvalue weighted by Crippen LogP contribution is -2.51. The number of rotatable bonds is 10. The molecule has 8 heteroatoms. The van der Waals surface area contributed by atoms with E-state index in [1.54, 1.807) is 20.8 Å². The number of hydrogen-bond donors (Lipinski definition) is 2. The van der Waals surface area contributed by atoms with Gasteiger partial charge in [-0.15, -0.1) is 0 Å². The van der Waals surface area contributed by atoms with Gasteiger partial charge >= 0.3 is 9.05 Å². The van der Waals surface area contributed by atoms with E-state index in [1.165, 1.54) is 0 Å². The zero-order chi connectivity index (χ0) is 14.9. The fraction of sp³-hybridized carbons (Fsp3) is 0.909. The van der Waals surface area contributed by atoms with Crippen LogP contribution in [-0.4, -0.2) is 38.9 Å². The van der Waals surface area contributed by atoms with E-state index >= 15 is 0 Å². The first-order chi connectivity index (χ1) is 8.84. The van der Waals surface area contributed by atoms with Crippen LogP contribution in [0.5, 0.6) is 0 Å². The molecule has 5 nitrogen and oxygen atoms in total. The van der Waals surface area contributed by atoms with Crippen LogP contribution in [0, 0.1) is 0 Å². The topological polar surface area (TPSA) is 54.0 Å². The average molecular weight is 329 g/mol. The van der Waals surface area contributed by atoms with Crippen molar-refractivity contribution in [1.29, 1.82) is 0 Å². The highest BCUT2D eigenvalue weighted by molar-refractivity contribution is 8.00. The Hall–Kier alpha value is 0.267. The Morgan fingerprint density at radius 3 is 1.74 bits per heavy atom. The van der Waals surface area contributed by atoms with Crippen molar-refractivity contribution in [3.05, 3.63) is 0 Å². The third kappa shape index (κ3) is 7.57. The Morgan fingerprint density at radius 2 is 1.42 bits per heavy atom. The lowest BCUT2D eigenvalue weighted by Gasteiger charge is -2.27. The van der Waals surface area contributed by atoms with Gasteiger partial charge in [0.05, 0.1) is 10.5 Å². The summed E-state index contributed by atoms with van der Waals surface area (Å²) in [6, 6.07) is 0. The van der Waals surface area contributed by atoms with Crippen molar-refractivity contribution in [2.24, 2.45) is 0 Å². The van der Waals surface area contributed by atoms with Gasteiger partial charge in [0.1, 0.15) is 0 Å². The van der Waals surface area contributed by atoms with Crippen LogP contribution in [-0.2, 0) is 22.5 Å². The Morgan fingerprint density at radius 1 is 1.00 bits per heavy atom. The first-order valence-corrected chi connectivity index (χ1v) is 8.95. The molecule has 0 spiro atoms. The highest BCUT2D eigenvalue weighted by atomic mass is 32.2. The second-order valence-corrected chi connectivity index (χ2v) is 7.92. The van der Waals surface area contributed by atoms with Gasteiger partial charge in [-0.2, -0.15) is 25.3 Å². The van der Waals surface area contributed by atoms with Crippen LogP contribution in [0.4, 0.5) is 0 Å². The molecule has 0 aromatic rings. The van der Waals surface area contributed by atoms with E-state index in [9.17, 15) is 4.79 Å². The molecule has 0 saturated carbocycles. The van der Waals surface area contributed by atoms with Crippen molar-refractivity contribution in [3.8, 4) is 0 Å². The van der Waals surface area contributed by atoms with E-state index in [2.05, 4.69) is 25.3 Å². The predicted molar refractivity (Wildman–Crippen MR) is 82.3 cm³/mol. The van der Waals surface area contributed by atoms with Gasteiger partial charge < -0.3 is 17.7 Å². The van der Waals surface area contributed by atoms with E-state index in [-0.39, 0.29) is 6.42 Å². The molecule has 114 valence electrons. The molecule has 0 aliphatic heterocycles. The van der Waals surface area contributed by atoms with Gasteiger partial charge in [-0.3, -0.25) is 4.79 Å². The largest absolute Gasteiger partial charge is 0.751 e. The summed E-state index contributed by atoms with van der Waals surface area (Å²) in [4.78, 5) is 11.9. The Bertz CT molecular complexity index is 259. The first kappa shape index (κ1) is 19.3. The van der Waals surface area contributed by atoms with E-state index in [0.717, 1.165) is 0 Å². The molecule has 0 rings (SSSR count). The summed E-state index contributed by atoms with van der Waals surface area (Å²) in [5.74, 6) is -0.478. The first-order valence-electron chi connectivity index (χ1n) is 6.43. The van der Waals surface area contributed by atoms with Crippen molar-refractivity contribution < 1.29 is 22.5 Å². The number of thiol groups is 2. The molecule has 0 bridgehead atoms. The maximum absolute atomic E-state index is 11.9. The van der Waals surface area contributed by atoms with Crippen molar-refractivity contribution in [1.82, 2.24) is 0 Å². The lowest BCUT2D eigenvalue weighted by atomic mass is 10.2. The minimum absolute atomic E-state index is 0.0533. The molecule has 0 aromatic heterocycles. The fourth-order valence-corrected chi connectivity index (χ4v) is 3.37. The fourth-order valence-electron chi connectivity index (χ4n) is 1.28. The van der Waals surface area contributed by atoms with Gasteiger partial charge in [-0.1, -0.05) is 6.92 Å². The van der Waals surface area contributed by atoms with Gasteiger partial charge in [-0.05, 0) is 27.2 Å². The molecular weight excluding hydrogens is 304 g/mol. The van der Waals surface area contributed by atoms with Gasteiger partial charge in [0, 0.05) is 19.8 Å². The van der Waals surface area contributed by atoms with Crippen molar-refractivity contribution >= 4 is 40.3 Å². The van der Waals surface area contributed by atoms with E-state index in [1.807, 2.05) is 6.92 Å². The summed E-state index contributed by atoms with van der Waals surface area (Å²) in [6.45, 7) is 8.32. The van der Waals surface area contributed by atoms with Crippen molar-refractivity contribution in [2.45, 2.75) is 44.6 Å². The molecule has 0 radical (unpaired) electrons. The summed E-state index contributed by atoms with van der Waals surface area (Å²) in [6.07, 6.45) is 0.679. The minimum Gasteiger partial charge on any atom is -0.452 e. The predicted octanol–water partition coefficient (Wildman–Crippen LogP) is 2.43. The maximum Gasteiger partial charge on any atom is 0.751 e. The van der Waals surface area contributed by atoms with Crippen LogP contribution in [0.15, 0.2) is 0 Å². The third-order valence-electron chi connectivity index (χ3n) is 2.20. The third-order valence-corrected chi connectivity index (χ3v) is 5.55. The summed E-state index contributed by atoms with van der Waals surface area (Å²) < 4.78 is 20.9. The molecule has 0 unspecified atom stereocenters. The van der Waals surface area contributed by atoms with Crippen LogP contribution in [0.1, 0.15) is 40.5 Å². The van der Waals surface area contributed by atoms with Gasteiger partial charge in [0.25, 0.3) is 5.97 Å². The van der Waals surface area contributed by atoms with Gasteiger partial charge in [-0.25, -0.2) is 0 Å². The smallest absolute Gasteiger partial charge is 0.452 e. The quantitative estimate of drug-likeness (QED) is 0.366. The zero-order valence-corrected chi connectivity index (χ0v) is 14.8. The second kappa shape index (κ2) is 9.25. The monoisotopic (exact) mass is 328 g/mol. The lowest BCUT2D eigenvalue weighted by molar-refractivity contribution is -0.144. The molecule has 0 aliphatic rings. The van der Waals surface area contributed by atoms with Crippen LogP contribution in [0.25, 0.3) is 0 Å². The molecule has 0 aliphatic carbocycles. The molecule has 0 saturated heterocycles. The van der Waals surface area contributed by atoms with Crippen molar-refractivity contribution in [2.75, 3.05) is 19.8 Å². The van der Waals surface area contributed by atoms with Gasteiger partial charge in [0.2, 0.25) is 0 Å². The molecule has 19 heavy (non-hydrogen) atoms. The van der Waals surface area contributed by atoms with Crippen LogP contribution in [0.2, 0.25) is 0 Å². The van der Waals surface area contributed by atoms with E-state index in [0.29, 0.717) is 26.2 Å².